The van der Waals surface area contributed by atoms with Crippen LogP contribution in [0.5, 0.6) is 5.75 Å². The molecule has 1 N–H and O–H groups in total. The van der Waals surface area contributed by atoms with E-state index >= 15 is 0 Å². The Balaban J connectivity index is 1.58. The van der Waals surface area contributed by atoms with Crippen molar-refractivity contribution in [3.63, 3.8) is 0 Å². The first-order valence-electron chi connectivity index (χ1n) is 9.93. The highest BCUT2D eigenvalue weighted by Crippen LogP contribution is 2.33. The van der Waals surface area contributed by atoms with Gasteiger partial charge in [0.2, 0.25) is 0 Å². The molecular formula is C23H25ClN2O3. The Bertz CT molecular complexity index is 1020. The zero-order valence-electron chi connectivity index (χ0n) is 16.7. The highest BCUT2D eigenvalue weighted by atomic mass is 35.5. The number of rotatable bonds is 6. The second kappa shape index (κ2) is 8.47. The van der Waals surface area contributed by atoms with E-state index in [1.165, 1.54) is 12.8 Å². The summed E-state index contributed by atoms with van der Waals surface area (Å²) < 4.78 is 11.4. The van der Waals surface area contributed by atoms with Crippen LogP contribution < -0.4 is 10.1 Å². The van der Waals surface area contributed by atoms with E-state index in [1.807, 2.05) is 37.3 Å². The number of likely N-dealkylation sites (tertiary alicyclic amines) is 1. The van der Waals surface area contributed by atoms with Crippen molar-refractivity contribution in [1.82, 2.24) is 10.2 Å². The number of carbonyl (C=O) groups excluding carboxylic acids is 1. The summed E-state index contributed by atoms with van der Waals surface area (Å²) in [6.45, 7) is 4.38. The molecule has 29 heavy (non-hydrogen) atoms. The number of methoxy groups -OCH3 is 1. The molecule has 1 unspecified atom stereocenters. The minimum absolute atomic E-state index is 0.0471. The summed E-state index contributed by atoms with van der Waals surface area (Å²) in [6.07, 6.45) is 2.33. The summed E-state index contributed by atoms with van der Waals surface area (Å²) in [6, 6.07) is 13.6. The number of halogens is 1. The Morgan fingerprint density at radius 3 is 2.69 bits per heavy atom. The van der Waals surface area contributed by atoms with Gasteiger partial charge in [-0.05, 0) is 45.0 Å². The number of fused-ring (bicyclic) bond motifs is 1. The maximum atomic E-state index is 13.0. The van der Waals surface area contributed by atoms with Gasteiger partial charge in [-0.15, -0.1) is 0 Å². The molecule has 6 heteroatoms. The van der Waals surface area contributed by atoms with E-state index in [-0.39, 0.29) is 11.9 Å². The van der Waals surface area contributed by atoms with E-state index in [0.29, 0.717) is 22.9 Å². The van der Waals surface area contributed by atoms with Crippen molar-refractivity contribution in [2.75, 3.05) is 26.7 Å². The van der Waals surface area contributed by atoms with Gasteiger partial charge in [0.25, 0.3) is 5.91 Å². The number of nitrogens with one attached hydrogen (secondary N) is 1. The van der Waals surface area contributed by atoms with Crippen molar-refractivity contribution >= 4 is 28.5 Å². The molecule has 1 aliphatic heterocycles. The highest BCUT2D eigenvalue weighted by molar-refractivity contribution is 6.35. The van der Waals surface area contributed by atoms with Crippen LogP contribution in [0.15, 0.2) is 46.9 Å². The van der Waals surface area contributed by atoms with Gasteiger partial charge in [0.1, 0.15) is 5.75 Å². The van der Waals surface area contributed by atoms with Gasteiger partial charge in [-0.1, -0.05) is 41.9 Å². The van der Waals surface area contributed by atoms with Crippen LogP contribution in [0.2, 0.25) is 5.02 Å². The molecule has 1 aromatic heterocycles. The van der Waals surface area contributed by atoms with E-state index < -0.39 is 0 Å². The molecule has 0 bridgehead atoms. The van der Waals surface area contributed by atoms with Crippen molar-refractivity contribution in [3.8, 4) is 5.75 Å². The van der Waals surface area contributed by atoms with Crippen LogP contribution in [0.25, 0.3) is 11.0 Å². The van der Waals surface area contributed by atoms with E-state index in [0.717, 1.165) is 35.4 Å². The van der Waals surface area contributed by atoms with Gasteiger partial charge in [-0.2, -0.15) is 0 Å². The Kier molecular flexibility index (Phi) is 5.79. The molecule has 0 radical (unpaired) electrons. The third-order valence-electron chi connectivity index (χ3n) is 5.66. The number of hydrogen-bond acceptors (Lipinski definition) is 4. The maximum Gasteiger partial charge on any atom is 0.287 e. The van der Waals surface area contributed by atoms with Gasteiger partial charge in [-0.3, -0.25) is 9.69 Å². The molecule has 1 amide bonds. The molecule has 2 aromatic carbocycles. The first kappa shape index (κ1) is 19.8. The Labute approximate surface area is 175 Å². The number of nitrogens with zero attached hydrogens (tertiary/aromatic N) is 1. The van der Waals surface area contributed by atoms with Crippen LogP contribution >= 0.6 is 11.6 Å². The van der Waals surface area contributed by atoms with Crippen molar-refractivity contribution in [3.05, 3.63) is 64.4 Å². The maximum absolute atomic E-state index is 13.0. The highest BCUT2D eigenvalue weighted by Gasteiger charge is 2.27. The molecule has 1 atom stereocenters. The average Bonchev–Trinajstić information content (AvgIpc) is 3.38. The molecule has 2 heterocycles. The van der Waals surface area contributed by atoms with E-state index in [9.17, 15) is 4.79 Å². The third-order valence-corrected chi connectivity index (χ3v) is 5.95. The van der Waals surface area contributed by atoms with Crippen LogP contribution in [0.1, 0.15) is 40.6 Å². The molecule has 0 aliphatic carbocycles. The molecule has 1 aliphatic rings. The van der Waals surface area contributed by atoms with Gasteiger partial charge in [0.15, 0.2) is 11.3 Å². The minimum atomic E-state index is -0.228. The number of aryl methyl sites for hydroxylation is 1. The van der Waals surface area contributed by atoms with E-state index in [2.05, 4.69) is 16.3 Å². The Morgan fingerprint density at radius 1 is 1.21 bits per heavy atom. The van der Waals surface area contributed by atoms with Crippen LogP contribution in [-0.4, -0.2) is 37.6 Å². The molecule has 152 valence electrons. The van der Waals surface area contributed by atoms with Gasteiger partial charge in [0.05, 0.1) is 18.2 Å². The first-order chi connectivity index (χ1) is 14.1. The summed E-state index contributed by atoms with van der Waals surface area (Å²) in [7, 11) is 1.68. The fourth-order valence-electron chi connectivity index (χ4n) is 4.13. The van der Waals surface area contributed by atoms with Crippen LogP contribution in [0.3, 0.4) is 0 Å². The fraction of sp³-hybridized carbons (Fsp3) is 0.348. The number of hydrogen-bond donors (Lipinski definition) is 1. The molecule has 3 aromatic rings. The lowest BCUT2D eigenvalue weighted by Gasteiger charge is -2.29. The number of benzene rings is 2. The summed E-state index contributed by atoms with van der Waals surface area (Å²) in [4.78, 5) is 15.4. The summed E-state index contributed by atoms with van der Waals surface area (Å²) in [5.74, 6) is 0.924. The van der Waals surface area contributed by atoms with Crippen molar-refractivity contribution < 1.29 is 13.9 Å². The monoisotopic (exact) mass is 412 g/mol. The fourth-order valence-corrected chi connectivity index (χ4v) is 4.34. The standard InChI is InChI=1S/C23H25ClN2O3/c1-15-16-9-7-10-18(24)22(16)29-21(15)23(27)25-14-19(26-12-5-6-13-26)17-8-3-4-11-20(17)28-2/h3-4,7-11,19H,5-6,12-14H2,1-2H3,(H,25,27). The lowest BCUT2D eigenvalue weighted by atomic mass is 10.0. The molecule has 0 saturated carbocycles. The zero-order chi connectivity index (χ0) is 20.4. The molecule has 5 nitrogen and oxygen atoms in total. The normalized spacial score (nSPS) is 15.6. The second-order valence-electron chi connectivity index (χ2n) is 7.38. The van der Waals surface area contributed by atoms with Gasteiger partial charge < -0.3 is 14.5 Å². The summed E-state index contributed by atoms with van der Waals surface area (Å²) in [5, 5.41) is 4.45. The first-order valence-corrected chi connectivity index (χ1v) is 10.3. The van der Waals surface area contributed by atoms with Crippen LogP contribution in [0.4, 0.5) is 0 Å². The number of ether oxygens (including phenoxy) is 1. The number of amides is 1. The zero-order valence-corrected chi connectivity index (χ0v) is 17.5. The van der Waals surface area contributed by atoms with Crippen molar-refractivity contribution in [2.45, 2.75) is 25.8 Å². The predicted octanol–water partition coefficient (Wildman–Crippen LogP) is 4.97. The van der Waals surface area contributed by atoms with Crippen LogP contribution in [-0.2, 0) is 0 Å². The summed E-state index contributed by atoms with van der Waals surface area (Å²) in [5.41, 5.74) is 2.44. The lowest BCUT2D eigenvalue weighted by molar-refractivity contribution is 0.0911. The van der Waals surface area contributed by atoms with Gasteiger partial charge in [-0.25, -0.2) is 0 Å². The van der Waals surface area contributed by atoms with E-state index in [4.69, 9.17) is 20.8 Å². The quantitative estimate of drug-likeness (QED) is 0.621. The molecular weight excluding hydrogens is 388 g/mol. The number of carbonyl (C=O) groups is 1. The number of furan rings is 1. The average molecular weight is 413 g/mol. The molecule has 0 spiro atoms. The van der Waals surface area contributed by atoms with Crippen molar-refractivity contribution in [2.24, 2.45) is 0 Å². The summed E-state index contributed by atoms with van der Waals surface area (Å²) >= 11 is 6.23. The number of para-hydroxylation sites is 2. The smallest absolute Gasteiger partial charge is 0.287 e. The van der Waals surface area contributed by atoms with Crippen molar-refractivity contribution in [1.29, 1.82) is 0 Å². The van der Waals surface area contributed by atoms with Crippen LogP contribution in [0, 0.1) is 6.92 Å². The topological polar surface area (TPSA) is 54.7 Å². The predicted molar refractivity (Wildman–Crippen MR) is 115 cm³/mol. The molecule has 1 saturated heterocycles. The second-order valence-corrected chi connectivity index (χ2v) is 7.79. The molecule has 4 rings (SSSR count). The molecule has 1 fully saturated rings. The largest absolute Gasteiger partial charge is 0.496 e. The minimum Gasteiger partial charge on any atom is -0.496 e. The van der Waals surface area contributed by atoms with E-state index in [1.54, 1.807) is 13.2 Å². The SMILES string of the molecule is COc1ccccc1C(CNC(=O)c1oc2c(Cl)cccc2c1C)N1CCCC1. The Hall–Kier alpha value is -2.50. The Morgan fingerprint density at radius 2 is 1.97 bits per heavy atom. The van der Waals surface area contributed by atoms with Gasteiger partial charge >= 0.3 is 0 Å². The third kappa shape index (κ3) is 3.85. The lowest BCUT2D eigenvalue weighted by Crippen LogP contribution is -2.37. The van der Waals surface area contributed by atoms with Gasteiger partial charge in [0, 0.05) is 23.1 Å².